The lowest BCUT2D eigenvalue weighted by Gasteiger charge is -2.18. The van der Waals surface area contributed by atoms with Crippen LogP contribution in [0.2, 0.25) is 0 Å². The number of methoxy groups -OCH3 is 2. The average molecular weight is 381 g/mol. The number of aromatic amines is 1. The fraction of sp³-hybridized carbons (Fsp3) is 0.250. The first-order valence-electron chi connectivity index (χ1n) is 6.89. The Morgan fingerprint density at radius 3 is 2.48 bits per heavy atom. The van der Waals surface area contributed by atoms with Gasteiger partial charge in [-0.1, -0.05) is 12.1 Å². The molecule has 0 bridgehead atoms. The van der Waals surface area contributed by atoms with Gasteiger partial charge in [0.1, 0.15) is 11.4 Å². The molecule has 2 rings (SSSR count). The van der Waals surface area contributed by atoms with Crippen molar-refractivity contribution in [3.8, 4) is 5.75 Å². The Hall–Kier alpha value is -2.28. The van der Waals surface area contributed by atoms with Crippen molar-refractivity contribution in [3.05, 3.63) is 52.3 Å². The molecule has 1 heterocycles. The number of benzene rings is 1. The third-order valence-corrected chi connectivity index (χ3v) is 3.77. The number of hydrogen-bond acceptors (Lipinski definition) is 4. The number of amides is 1. The number of rotatable bonds is 6. The molecule has 0 spiro atoms. The predicted molar refractivity (Wildman–Crippen MR) is 88.3 cm³/mol. The van der Waals surface area contributed by atoms with Gasteiger partial charge in [-0.05, 0) is 39.7 Å². The van der Waals surface area contributed by atoms with Crippen molar-refractivity contribution in [2.24, 2.45) is 0 Å². The molecule has 0 aliphatic rings. The summed E-state index contributed by atoms with van der Waals surface area (Å²) in [7, 11) is 2.89. The minimum Gasteiger partial charge on any atom is -0.497 e. The van der Waals surface area contributed by atoms with E-state index in [2.05, 4.69) is 26.2 Å². The first-order chi connectivity index (χ1) is 11.0. The Morgan fingerprint density at radius 1 is 1.26 bits per heavy atom. The molecule has 2 aromatic rings. The number of ether oxygens (including phenoxy) is 2. The van der Waals surface area contributed by atoms with E-state index in [-0.39, 0.29) is 12.3 Å². The topological polar surface area (TPSA) is 80.4 Å². The van der Waals surface area contributed by atoms with Crippen LogP contribution in [0.25, 0.3) is 0 Å². The summed E-state index contributed by atoms with van der Waals surface area (Å²) in [4.78, 5) is 26.8. The van der Waals surface area contributed by atoms with Gasteiger partial charge >= 0.3 is 5.97 Å². The molecule has 0 saturated carbocycles. The molecule has 0 saturated heterocycles. The number of hydrogen-bond donors (Lipinski definition) is 2. The Balaban J connectivity index is 2.18. The molecule has 0 radical (unpaired) electrons. The van der Waals surface area contributed by atoms with E-state index in [4.69, 9.17) is 9.47 Å². The van der Waals surface area contributed by atoms with Crippen molar-refractivity contribution in [2.45, 2.75) is 12.5 Å². The van der Waals surface area contributed by atoms with Crippen molar-refractivity contribution in [1.29, 1.82) is 0 Å². The number of aromatic nitrogens is 1. The maximum Gasteiger partial charge on any atom is 0.307 e. The van der Waals surface area contributed by atoms with Crippen LogP contribution in [-0.4, -0.2) is 31.1 Å². The largest absolute Gasteiger partial charge is 0.497 e. The number of carbonyl (C=O) groups excluding carboxylic acids is 2. The molecule has 0 aliphatic carbocycles. The molecule has 7 heteroatoms. The molecule has 0 aliphatic heterocycles. The lowest BCUT2D eigenvalue weighted by molar-refractivity contribution is -0.141. The summed E-state index contributed by atoms with van der Waals surface area (Å²) in [5.41, 5.74) is 1.19. The van der Waals surface area contributed by atoms with Crippen molar-refractivity contribution in [1.82, 2.24) is 10.3 Å². The van der Waals surface area contributed by atoms with Gasteiger partial charge in [-0.2, -0.15) is 0 Å². The zero-order valence-corrected chi connectivity index (χ0v) is 14.3. The molecule has 1 aromatic heterocycles. The van der Waals surface area contributed by atoms with Gasteiger partial charge in [0.2, 0.25) is 0 Å². The molecule has 23 heavy (non-hydrogen) atoms. The predicted octanol–water partition coefficient (Wildman–Crippen LogP) is 2.82. The second-order valence-corrected chi connectivity index (χ2v) is 5.73. The highest BCUT2D eigenvalue weighted by Gasteiger charge is 2.20. The van der Waals surface area contributed by atoms with Crippen molar-refractivity contribution in [2.75, 3.05) is 14.2 Å². The SMILES string of the molecule is COC(=O)CC(NC(=O)c1cc(Br)c[nH]1)c1ccc(OC)cc1. The molecule has 1 aromatic carbocycles. The highest BCUT2D eigenvalue weighted by Crippen LogP contribution is 2.21. The molecule has 1 atom stereocenters. The van der Waals surface area contributed by atoms with Crippen LogP contribution in [0.4, 0.5) is 0 Å². The second-order valence-electron chi connectivity index (χ2n) is 4.81. The second kappa shape index (κ2) is 7.82. The smallest absolute Gasteiger partial charge is 0.307 e. The van der Waals surface area contributed by atoms with Gasteiger partial charge in [0.15, 0.2) is 0 Å². The van der Waals surface area contributed by atoms with Gasteiger partial charge in [0.25, 0.3) is 5.91 Å². The number of halogens is 1. The zero-order chi connectivity index (χ0) is 16.8. The van der Waals surface area contributed by atoms with Gasteiger partial charge in [0.05, 0.1) is 26.7 Å². The molecule has 0 fully saturated rings. The molecule has 6 nitrogen and oxygen atoms in total. The van der Waals surface area contributed by atoms with Crippen molar-refractivity contribution in [3.63, 3.8) is 0 Å². The van der Waals surface area contributed by atoms with Crippen LogP contribution in [0.3, 0.4) is 0 Å². The maximum absolute atomic E-state index is 12.3. The summed E-state index contributed by atoms with van der Waals surface area (Å²) >= 11 is 3.28. The van der Waals surface area contributed by atoms with Gasteiger partial charge in [-0.25, -0.2) is 0 Å². The van der Waals surface area contributed by atoms with Crippen LogP contribution >= 0.6 is 15.9 Å². The quantitative estimate of drug-likeness (QED) is 0.755. The summed E-state index contributed by atoms with van der Waals surface area (Å²) in [6.45, 7) is 0. The summed E-state index contributed by atoms with van der Waals surface area (Å²) in [6.07, 6.45) is 1.70. The highest BCUT2D eigenvalue weighted by molar-refractivity contribution is 9.10. The van der Waals surface area contributed by atoms with Crippen LogP contribution in [0.5, 0.6) is 5.75 Å². The van der Waals surface area contributed by atoms with Crippen LogP contribution in [-0.2, 0) is 9.53 Å². The van der Waals surface area contributed by atoms with Crippen LogP contribution < -0.4 is 10.1 Å². The van der Waals surface area contributed by atoms with Gasteiger partial charge in [0, 0.05) is 10.7 Å². The average Bonchev–Trinajstić information content (AvgIpc) is 3.00. The summed E-state index contributed by atoms with van der Waals surface area (Å²) < 4.78 is 10.6. The maximum atomic E-state index is 12.3. The van der Waals surface area contributed by atoms with Gasteiger partial charge in [-0.3, -0.25) is 9.59 Å². The third-order valence-electron chi connectivity index (χ3n) is 3.31. The Bertz CT molecular complexity index is 682. The summed E-state index contributed by atoms with van der Waals surface area (Å²) in [6, 6.07) is 8.32. The van der Waals surface area contributed by atoms with E-state index in [9.17, 15) is 9.59 Å². The summed E-state index contributed by atoms with van der Waals surface area (Å²) in [5, 5.41) is 2.83. The molecule has 122 valence electrons. The molecule has 2 N–H and O–H groups in total. The number of esters is 1. The summed E-state index contributed by atoms with van der Waals surface area (Å²) in [5.74, 6) is -0.00982. The van der Waals surface area contributed by atoms with Crippen molar-refractivity contribution >= 4 is 27.8 Å². The Kier molecular flexibility index (Phi) is 5.81. The van der Waals surface area contributed by atoms with E-state index < -0.39 is 12.0 Å². The molecular formula is C16H17BrN2O4. The molecule has 1 amide bonds. The normalized spacial score (nSPS) is 11.6. The highest BCUT2D eigenvalue weighted by atomic mass is 79.9. The van der Waals surface area contributed by atoms with E-state index in [1.807, 2.05) is 0 Å². The standard InChI is InChI=1S/C16H17BrN2O4/c1-22-12-5-3-10(4-6-12)13(8-15(20)23-2)19-16(21)14-7-11(17)9-18-14/h3-7,9,13,18H,8H2,1-2H3,(H,19,21). The zero-order valence-electron chi connectivity index (χ0n) is 12.8. The van der Waals surface area contributed by atoms with Crippen LogP contribution in [0.15, 0.2) is 41.0 Å². The van der Waals surface area contributed by atoms with Crippen LogP contribution in [0, 0.1) is 0 Å². The Morgan fingerprint density at radius 2 is 1.96 bits per heavy atom. The number of H-pyrrole nitrogens is 1. The first kappa shape index (κ1) is 17.1. The minimum atomic E-state index is -0.497. The number of nitrogens with one attached hydrogen (secondary N) is 2. The fourth-order valence-corrected chi connectivity index (χ4v) is 2.42. The van der Waals surface area contributed by atoms with E-state index in [0.29, 0.717) is 11.4 Å². The lowest BCUT2D eigenvalue weighted by atomic mass is 10.0. The van der Waals surface area contributed by atoms with Crippen molar-refractivity contribution < 1.29 is 19.1 Å². The fourth-order valence-electron chi connectivity index (χ4n) is 2.07. The minimum absolute atomic E-state index is 0.0381. The third kappa shape index (κ3) is 4.59. The van der Waals surface area contributed by atoms with Gasteiger partial charge in [-0.15, -0.1) is 0 Å². The van der Waals surface area contributed by atoms with E-state index >= 15 is 0 Å². The Labute approximate surface area is 142 Å². The van der Waals surface area contributed by atoms with Gasteiger partial charge < -0.3 is 19.8 Å². The molecular weight excluding hydrogens is 364 g/mol. The lowest BCUT2D eigenvalue weighted by Crippen LogP contribution is -2.30. The molecule has 1 unspecified atom stereocenters. The first-order valence-corrected chi connectivity index (χ1v) is 7.68. The van der Waals surface area contributed by atoms with Crippen LogP contribution in [0.1, 0.15) is 28.5 Å². The van der Waals surface area contributed by atoms with E-state index in [1.54, 1.807) is 43.6 Å². The van der Waals surface area contributed by atoms with E-state index in [0.717, 1.165) is 10.0 Å². The monoisotopic (exact) mass is 380 g/mol. The number of carbonyl (C=O) groups is 2. The van der Waals surface area contributed by atoms with E-state index in [1.165, 1.54) is 7.11 Å².